The van der Waals surface area contributed by atoms with E-state index in [1.165, 1.54) is 6.07 Å². The zero-order chi connectivity index (χ0) is 15.6. The van der Waals surface area contributed by atoms with Crippen molar-refractivity contribution in [3.8, 4) is 17.2 Å². The molecule has 5 nitrogen and oxygen atoms in total. The summed E-state index contributed by atoms with van der Waals surface area (Å²) in [5.74, 6) is 1.24. The summed E-state index contributed by atoms with van der Waals surface area (Å²) in [6.45, 7) is 1.83. The molecule has 110 valence electrons. The molecule has 1 aromatic carbocycles. The highest BCUT2D eigenvalue weighted by Gasteiger charge is 2.10. The molecule has 0 atom stereocenters. The Labute approximate surface area is 127 Å². The molecule has 0 aliphatic carbocycles. The summed E-state index contributed by atoms with van der Waals surface area (Å²) in [4.78, 5) is 11.9. The van der Waals surface area contributed by atoms with Crippen LogP contribution in [0.4, 0.5) is 0 Å². The van der Waals surface area contributed by atoms with Crippen LogP contribution in [0.1, 0.15) is 11.3 Å². The third-order valence-corrected chi connectivity index (χ3v) is 3.37. The van der Waals surface area contributed by atoms with E-state index in [-0.39, 0.29) is 10.4 Å². The van der Waals surface area contributed by atoms with Gasteiger partial charge < -0.3 is 19.8 Å². The van der Waals surface area contributed by atoms with Gasteiger partial charge in [0, 0.05) is 29.7 Å². The van der Waals surface area contributed by atoms with E-state index in [0.29, 0.717) is 17.1 Å². The molecule has 0 bridgehead atoms. The summed E-state index contributed by atoms with van der Waals surface area (Å²) in [6, 6.07) is 6.99. The van der Waals surface area contributed by atoms with E-state index in [4.69, 9.17) is 27.4 Å². The van der Waals surface area contributed by atoms with Crippen molar-refractivity contribution < 1.29 is 9.47 Å². The zero-order valence-electron chi connectivity index (χ0n) is 12.0. The van der Waals surface area contributed by atoms with E-state index < -0.39 is 0 Å². The first-order valence-electron chi connectivity index (χ1n) is 6.23. The Morgan fingerprint density at radius 2 is 1.86 bits per heavy atom. The molecule has 2 N–H and O–H groups in total. The van der Waals surface area contributed by atoms with Gasteiger partial charge in [0.25, 0.3) is 0 Å². The molecule has 6 heteroatoms. The Balaban J connectivity index is 2.64. The topological polar surface area (TPSA) is 66.5 Å². The molecule has 0 radical (unpaired) electrons. The number of ether oxygens (including phenoxy) is 2. The lowest BCUT2D eigenvalue weighted by Gasteiger charge is -2.15. The van der Waals surface area contributed by atoms with Gasteiger partial charge in [0.2, 0.25) is 0 Å². The fourth-order valence-electron chi connectivity index (χ4n) is 2.07. The largest absolute Gasteiger partial charge is 0.493 e. The molecule has 0 fully saturated rings. The molecular weight excluding hydrogens is 288 g/mol. The number of aromatic nitrogens is 1. The van der Waals surface area contributed by atoms with Gasteiger partial charge in [-0.05, 0) is 19.1 Å². The lowest BCUT2D eigenvalue weighted by molar-refractivity contribution is 0.355. The van der Waals surface area contributed by atoms with Crippen LogP contribution in [0.3, 0.4) is 0 Å². The summed E-state index contributed by atoms with van der Waals surface area (Å²) >= 11 is 4.91. The maximum atomic E-state index is 11.9. The normalized spacial score (nSPS) is 10.2. The van der Waals surface area contributed by atoms with Crippen molar-refractivity contribution in [2.24, 2.45) is 5.73 Å². The fourth-order valence-corrected chi connectivity index (χ4v) is 2.22. The van der Waals surface area contributed by atoms with Crippen LogP contribution in [0, 0.1) is 6.92 Å². The smallest absolute Gasteiger partial charge is 0.192 e. The van der Waals surface area contributed by atoms with Crippen LogP contribution in [0.15, 0.2) is 35.3 Å². The minimum absolute atomic E-state index is 0.0780. The van der Waals surface area contributed by atoms with Crippen LogP contribution in [-0.2, 0) is 0 Å². The second kappa shape index (κ2) is 5.97. The highest BCUT2D eigenvalue weighted by Crippen LogP contribution is 2.29. The number of benzene rings is 1. The average molecular weight is 304 g/mol. The molecule has 2 aromatic rings. The first kappa shape index (κ1) is 15.1. The predicted octanol–water partition coefficient (Wildman–Crippen LogP) is 1.80. The van der Waals surface area contributed by atoms with Gasteiger partial charge in [-0.15, -0.1) is 0 Å². The Morgan fingerprint density at radius 3 is 2.43 bits per heavy atom. The number of thiocarbonyl (C=S) groups is 1. The first-order valence-corrected chi connectivity index (χ1v) is 6.64. The van der Waals surface area contributed by atoms with Gasteiger partial charge in [-0.2, -0.15) is 0 Å². The standard InChI is InChI=1S/C15H16N2O3S/c1-9-6-12(18)11(15(16)21)8-17(9)10-4-5-13(19-2)14(7-10)20-3/h4-8H,1-3H3,(H2,16,21). The van der Waals surface area contributed by atoms with E-state index in [1.54, 1.807) is 26.5 Å². The zero-order valence-corrected chi connectivity index (χ0v) is 12.9. The lowest BCUT2D eigenvalue weighted by atomic mass is 10.2. The van der Waals surface area contributed by atoms with Gasteiger partial charge in [0.1, 0.15) is 4.99 Å². The molecule has 0 amide bonds. The van der Waals surface area contributed by atoms with Crippen LogP contribution in [-0.4, -0.2) is 23.8 Å². The van der Waals surface area contributed by atoms with E-state index in [9.17, 15) is 4.79 Å². The van der Waals surface area contributed by atoms with Crippen LogP contribution < -0.4 is 20.6 Å². The summed E-state index contributed by atoms with van der Waals surface area (Å²) < 4.78 is 12.3. The summed E-state index contributed by atoms with van der Waals surface area (Å²) in [6.07, 6.45) is 1.64. The van der Waals surface area contributed by atoms with Gasteiger partial charge >= 0.3 is 0 Å². The van der Waals surface area contributed by atoms with E-state index in [1.807, 2.05) is 23.6 Å². The molecule has 0 aliphatic heterocycles. The second-order valence-electron chi connectivity index (χ2n) is 4.47. The number of hydrogen-bond acceptors (Lipinski definition) is 4. The number of hydrogen-bond donors (Lipinski definition) is 1. The highest BCUT2D eigenvalue weighted by atomic mass is 32.1. The Hall–Kier alpha value is -2.34. The maximum absolute atomic E-state index is 11.9. The number of aryl methyl sites for hydroxylation is 1. The van der Waals surface area contributed by atoms with Gasteiger partial charge in [0.15, 0.2) is 16.9 Å². The number of pyridine rings is 1. The molecule has 0 unspecified atom stereocenters. The van der Waals surface area contributed by atoms with Crippen LogP contribution >= 0.6 is 12.2 Å². The van der Waals surface area contributed by atoms with Crippen LogP contribution in [0.25, 0.3) is 5.69 Å². The minimum atomic E-state index is -0.184. The van der Waals surface area contributed by atoms with Gasteiger partial charge in [-0.25, -0.2) is 0 Å². The van der Waals surface area contributed by atoms with E-state index in [0.717, 1.165) is 11.4 Å². The van der Waals surface area contributed by atoms with Crippen molar-refractivity contribution in [2.75, 3.05) is 14.2 Å². The van der Waals surface area contributed by atoms with E-state index >= 15 is 0 Å². The summed E-state index contributed by atoms with van der Waals surface area (Å²) in [7, 11) is 3.15. The maximum Gasteiger partial charge on any atom is 0.192 e. The molecule has 0 aliphatic rings. The predicted molar refractivity (Wildman–Crippen MR) is 85.8 cm³/mol. The molecule has 0 spiro atoms. The number of methoxy groups -OCH3 is 2. The SMILES string of the molecule is COc1ccc(-n2cc(C(N)=S)c(=O)cc2C)cc1OC. The van der Waals surface area contributed by atoms with Crippen LogP contribution in [0.5, 0.6) is 11.5 Å². The fraction of sp³-hybridized carbons (Fsp3) is 0.200. The second-order valence-corrected chi connectivity index (χ2v) is 4.91. The van der Waals surface area contributed by atoms with Crippen molar-refractivity contribution >= 4 is 17.2 Å². The average Bonchev–Trinajstić information content (AvgIpc) is 2.46. The van der Waals surface area contributed by atoms with Crippen LogP contribution in [0.2, 0.25) is 0 Å². The molecule has 0 saturated carbocycles. The Morgan fingerprint density at radius 1 is 1.19 bits per heavy atom. The van der Waals surface area contributed by atoms with Gasteiger partial charge in [-0.3, -0.25) is 4.79 Å². The van der Waals surface area contributed by atoms with Gasteiger partial charge in [0.05, 0.1) is 19.8 Å². The highest BCUT2D eigenvalue weighted by molar-refractivity contribution is 7.80. The Bertz CT molecular complexity index is 753. The van der Waals surface area contributed by atoms with E-state index in [2.05, 4.69) is 0 Å². The third kappa shape index (κ3) is 2.90. The van der Waals surface area contributed by atoms with Crippen molar-refractivity contribution in [3.63, 3.8) is 0 Å². The monoisotopic (exact) mass is 304 g/mol. The number of nitrogens with zero attached hydrogens (tertiary/aromatic N) is 1. The minimum Gasteiger partial charge on any atom is -0.493 e. The molecule has 1 aromatic heterocycles. The number of rotatable bonds is 4. The molecule has 21 heavy (non-hydrogen) atoms. The van der Waals surface area contributed by atoms with Crippen molar-refractivity contribution in [1.29, 1.82) is 0 Å². The lowest BCUT2D eigenvalue weighted by Crippen LogP contribution is -2.22. The summed E-state index contributed by atoms with van der Waals surface area (Å²) in [5, 5.41) is 0. The first-order chi connectivity index (χ1) is 9.97. The van der Waals surface area contributed by atoms with Crippen molar-refractivity contribution in [3.05, 3.63) is 51.9 Å². The van der Waals surface area contributed by atoms with Crippen molar-refractivity contribution in [2.45, 2.75) is 6.92 Å². The molecule has 0 saturated heterocycles. The quantitative estimate of drug-likeness (QED) is 0.873. The van der Waals surface area contributed by atoms with Gasteiger partial charge in [-0.1, -0.05) is 12.2 Å². The molecule has 2 rings (SSSR count). The third-order valence-electron chi connectivity index (χ3n) is 3.15. The molecular formula is C15H16N2O3S. The molecule has 1 heterocycles. The Kier molecular flexibility index (Phi) is 4.28. The number of nitrogens with two attached hydrogens (primary N) is 1. The van der Waals surface area contributed by atoms with Crippen molar-refractivity contribution in [1.82, 2.24) is 4.57 Å². The summed E-state index contributed by atoms with van der Waals surface area (Å²) in [5.41, 5.74) is 7.31.